The van der Waals surface area contributed by atoms with Crippen LogP contribution in [-0.4, -0.2) is 39.9 Å². The van der Waals surface area contributed by atoms with E-state index in [1.165, 1.54) is 6.07 Å². The molecule has 5 aromatic carbocycles. The Balaban J connectivity index is 1.67. The van der Waals surface area contributed by atoms with Gasteiger partial charge < -0.3 is 18.9 Å². The maximum atomic E-state index is 12.4. The average Bonchev–Trinajstić information content (AvgIpc) is 3.07. The number of aryl methyl sites for hydroxylation is 1. The second-order valence-electron chi connectivity index (χ2n) is 11.0. The zero-order valence-electron chi connectivity index (χ0n) is 26.3. The summed E-state index contributed by atoms with van der Waals surface area (Å²) in [5.41, 5.74) is 2.38. The van der Waals surface area contributed by atoms with Gasteiger partial charge in [-0.25, -0.2) is 0 Å². The van der Waals surface area contributed by atoms with Crippen molar-refractivity contribution in [3.63, 3.8) is 0 Å². The summed E-state index contributed by atoms with van der Waals surface area (Å²) in [4.78, 5) is -0.227. The van der Waals surface area contributed by atoms with E-state index in [2.05, 4.69) is 15.9 Å². The maximum absolute atomic E-state index is 12.4. The number of ether oxygens (including phenoxy) is 4. The minimum atomic E-state index is -4.55. The predicted molar refractivity (Wildman–Crippen MR) is 192 cm³/mol. The SMILES string of the molecule is COc1ccc(C(OC[C@H](Cc2cc(C)ccc2S(=O)(=O)O)Oc2c(Cl)cc(Br)cc2Cl)(c2ccccc2)c2ccc(OC)cc2)cc1. The fraction of sp³-hybridized carbons (Fsp3) is 0.189. The summed E-state index contributed by atoms with van der Waals surface area (Å²) < 4.78 is 60.1. The molecule has 0 aliphatic rings. The normalized spacial score (nSPS) is 12.4. The Bertz CT molecular complexity index is 1900. The maximum Gasteiger partial charge on any atom is 0.294 e. The Labute approximate surface area is 299 Å². The van der Waals surface area contributed by atoms with Crippen LogP contribution in [0.2, 0.25) is 10.0 Å². The number of hydrogen-bond acceptors (Lipinski definition) is 6. The molecule has 48 heavy (non-hydrogen) atoms. The van der Waals surface area contributed by atoms with Crippen LogP contribution in [-0.2, 0) is 26.9 Å². The third-order valence-electron chi connectivity index (χ3n) is 7.85. The molecule has 0 bridgehead atoms. The summed E-state index contributed by atoms with van der Waals surface area (Å²) in [7, 11) is -1.35. The van der Waals surface area contributed by atoms with Gasteiger partial charge in [0.05, 0.1) is 35.8 Å². The van der Waals surface area contributed by atoms with Crippen molar-refractivity contribution in [2.75, 3.05) is 20.8 Å². The standard InChI is InChI=1S/C37H33BrCl2O7S/c1-24-9-18-35(48(41,42)43)25(19-24)20-32(47-36-33(39)21-29(38)22-34(36)40)23-46-37(26-7-5-4-6-8-26,27-10-14-30(44-2)15-11-27)28-12-16-31(45-3)17-13-28/h4-19,21-22,32H,20,23H2,1-3H3,(H,41,42,43)/t32-/m0/s1. The van der Waals surface area contributed by atoms with E-state index in [4.69, 9.17) is 42.1 Å². The highest BCUT2D eigenvalue weighted by Crippen LogP contribution is 2.43. The van der Waals surface area contributed by atoms with Crippen molar-refractivity contribution < 1.29 is 31.9 Å². The summed E-state index contributed by atoms with van der Waals surface area (Å²) in [5.74, 6) is 1.55. The van der Waals surface area contributed by atoms with E-state index in [1.54, 1.807) is 38.5 Å². The van der Waals surface area contributed by atoms with Crippen molar-refractivity contribution in [2.45, 2.75) is 29.9 Å². The molecular formula is C37H33BrCl2O7S. The van der Waals surface area contributed by atoms with Crippen LogP contribution in [0.4, 0.5) is 0 Å². The van der Waals surface area contributed by atoms with Gasteiger partial charge in [0.15, 0.2) is 5.75 Å². The number of rotatable bonds is 13. The van der Waals surface area contributed by atoms with Gasteiger partial charge in [-0.05, 0) is 71.6 Å². The Morgan fingerprint density at radius 3 is 1.79 bits per heavy atom. The topological polar surface area (TPSA) is 91.3 Å². The lowest BCUT2D eigenvalue weighted by Gasteiger charge is -2.37. The fourth-order valence-electron chi connectivity index (χ4n) is 5.60. The van der Waals surface area contributed by atoms with Crippen LogP contribution in [0.3, 0.4) is 0 Å². The molecule has 0 unspecified atom stereocenters. The van der Waals surface area contributed by atoms with Crippen LogP contribution in [0.15, 0.2) is 119 Å². The molecule has 5 aromatic rings. The summed E-state index contributed by atoms with van der Waals surface area (Å²) in [5, 5.41) is 0.497. The van der Waals surface area contributed by atoms with Crippen LogP contribution in [0.25, 0.3) is 0 Å². The first-order valence-electron chi connectivity index (χ1n) is 14.8. The first kappa shape index (κ1) is 35.7. The fourth-order valence-corrected chi connectivity index (χ4v) is 7.61. The van der Waals surface area contributed by atoms with Gasteiger partial charge in [-0.15, -0.1) is 0 Å². The highest BCUT2D eigenvalue weighted by atomic mass is 79.9. The lowest BCUT2D eigenvalue weighted by molar-refractivity contribution is -0.0303. The molecule has 0 aliphatic carbocycles. The monoisotopic (exact) mass is 770 g/mol. The highest BCUT2D eigenvalue weighted by Gasteiger charge is 2.39. The van der Waals surface area contributed by atoms with E-state index < -0.39 is 21.8 Å². The van der Waals surface area contributed by atoms with Gasteiger partial charge in [0, 0.05) is 10.9 Å². The molecule has 0 heterocycles. The van der Waals surface area contributed by atoms with Crippen molar-refractivity contribution in [3.8, 4) is 17.2 Å². The molecule has 0 aliphatic heterocycles. The molecule has 5 rings (SSSR count). The molecule has 1 atom stereocenters. The van der Waals surface area contributed by atoms with Crippen molar-refractivity contribution >= 4 is 49.2 Å². The average molecular weight is 773 g/mol. The number of methoxy groups -OCH3 is 2. The van der Waals surface area contributed by atoms with E-state index in [-0.39, 0.29) is 33.7 Å². The minimum absolute atomic E-state index is 0.0234. The summed E-state index contributed by atoms with van der Waals surface area (Å²) in [6.07, 6.45) is -0.821. The van der Waals surface area contributed by atoms with Crippen LogP contribution >= 0.6 is 39.1 Å². The molecule has 7 nitrogen and oxygen atoms in total. The first-order chi connectivity index (χ1) is 22.9. The van der Waals surface area contributed by atoms with Crippen molar-refractivity contribution in [3.05, 3.63) is 152 Å². The Kier molecular flexibility index (Phi) is 11.4. The molecule has 250 valence electrons. The minimum Gasteiger partial charge on any atom is -0.497 e. The van der Waals surface area contributed by atoms with Gasteiger partial charge in [0.1, 0.15) is 23.2 Å². The first-order valence-corrected chi connectivity index (χ1v) is 17.8. The molecule has 0 fully saturated rings. The van der Waals surface area contributed by atoms with Gasteiger partial charge in [-0.3, -0.25) is 4.55 Å². The molecular weight excluding hydrogens is 739 g/mol. The lowest BCUT2D eigenvalue weighted by Crippen LogP contribution is -2.38. The Morgan fingerprint density at radius 2 is 1.29 bits per heavy atom. The molecule has 0 aromatic heterocycles. The number of hydrogen-bond donors (Lipinski definition) is 1. The highest BCUT2D eigenvalue weighted by molar-refractivity contribution is 9.10. The van der Waals surface area contributed by atoms with Crippen LogP contribution < -0.4 is 14.2 Å². The second kappa shape index (κ2) is 15.3. The third kappa shape index (κ3) is 8.00. The number of halogens is 3. The molecule has 0 saturated heterocycles. The van der Waals surface area contributed by atoms with Gasteiger partial charge in [-0.1, -0.05) is 111 Å². The second-order valence-corrected chi connectivity index (χ2v) is 14.2. The molecule has 0 amide bonds. The Hall–Kier alpha value is -3.57. The smallest absolute Gasteiger partial charge is 0.294 e. The van der Waals surface area contributed by atoms with Gasteiger partial charge in [0.2, 0.25) is 0 Å². The van der Waals surface area contributed by atoms with Gasteiger partial charge >= 0.3 is 0 Å². The Morgan fingerprint density at radius 1 is 0.771 bits per heavy atom. The van der Waals surface area contributed by atoms with Gasteiger partial charge in [0.25, 0.3) is 10.1 Å². The van der Waals surface area contributed by atoms with Crippen LogP contribution in [0.5, 0.6) is 17.2 Å². The molecule has 11 heteroatoms. The third-order valence-corrected chi connectivity index (χ3v) is 9.82. The zero-order valence-corrected chi connectivity index (χ0v) is 30.2. The van der Waals surface area contributed by atoms with Crippen molar-refractivity contribution in [1.82, 2.24) is 0 Å². The largest absolute Gasteiger partial charge is 0.497 e. The van der Waals surface area contributed by atoms with Crippen molar-refractivity contribution in [1.29, 1.82) is 0 Å². The van der Waals surface area contributed by atoms with Gasteiger partial charge in [-0.2, -0.15) is 8.42 Å². The van der Waals surface area contributed by atoms with E-state index in [1.807, 2.05) is 85.8 Å². The molecule has 0 radical (unpaired) electrons. The molecule has 0 spiro atoms. The van der Waals surface area contributed by atoms with E-state index >= 15 is 0 Å². The summed E-state index contributed by atoms with van der Waals surface area (Å²) >= 11 is 16.6. The number of benzene rings is 5. The van der Waals surface area contributed by atoms with E-state index in [9.17, 15) is 13.0 Å². The van der Waals surface area contributed by atoms with Crippen LogP contribution in [0.1, 0.15) is 27.8 Å². The molecule has 1 N–H and O–H groups in total. The lowest BCUT2D eigenvalue weighted by atomic mass is 9.80. The van der Waals surface area contributed by atoms with E-state index in [0.29, 0.717) is 21.5 Å². The quantitative estimate of drug-likeness (QED) is 0.0943. The predicted octanol–water partition coefficient (Wildman–Crippen LogP) is 9.33. The molecule has 0 saturated carbocycles. The zero-order chi connectivity index (χ0) is 34.5. The van der Waals surface area contributed by atoms with Crippen LogP contribution in [0, 0.1) is 6.92 Å². The summed E-state index contributed by atoms with van der Waals surface area (Å²) in [6.45, 7) is 1.76. The van der Waals surface area contributed by atoms with E-state index in [0.717, 1.165) is 22.3 Å². The van der Waals surface area contributed by atoms with Crippen molar-refractivity contribution in [2.24, 2.45) is 0 Å². The summed E-state index contributed by atoms with van der Waals surface area (Å²) in [6, 6.07) is 32.9.